The van der Waals surface area contributed by atoms with E-state index in [-0.39, 0.29) is 10.6 Å². The maximum Gasteiger partial charge on any atom is 0.293 e. The molecule has 0 amide bonds. The van der Waals surface area contributed by atoms with Crippen molar-refractivity contribution in [2.75, 3.05) is 31.3 Å². The Kier molecular flexibility index (Phi) is 6.00. The van der Waals surface area contributed by atoms with Crippen LogP contribution in [0.5, 0.6) is 0 Å². The lowest BCUT2D eigenvalue weighted by atomic mass is 10.1. The summed E-state index contributed by atoms with van der Waals surface area (Å²) in [4.78, 5) is 21.8. The van der Waals surface area contributed by atoms with Crippen molar-refractivity contribution < 1.29 is 4.92 Å². The van der Waals surface area contributed by atoms with Gasteiger partial charge in [0.05, 0.1) is 10.4 Å². The van der Waals surface area contributed by atoms with Gasteiger partial charge >= 0.3 is 0 Å². The molecule has 8 heteroatoms. The lowest BCUT2D eigenvalue weighted by molar-refractivity contribution is -0.383. The number of anilines is 2. The van der Waals surface area contributed by atoms with Gasteiger partial charge < -0.3 is 15.5 Å². The van der Waals surface area contributed by atoms with E-state index < -0.39 is 0 Å². The summed E-state index contributed by atoms with van der Waals surface area (Å²) in [6.07, 6.45) is 1.47. The Bertz CT molecular complexity index is 990. The Hall–Kier alpha value is -3.26. The zero-order valence-corrected chi connectivity index (χ0v) is 16.3. The van der Waals surface area contributed by atoms with Gasteiger partial charge in [-0.2, -0.15) is 0 Å². The number of fused-ring (bicyclic) bond motifs is 1. The van der Waals surface area contributed by atoms with Crippen LogP contribution in [0.4, 0.5) is 17.2 Å². The average molecular weight is 380 g/mol. The van der Waals surface area contributed by atoms with Gasteiger partial charge in [-0.05, 0) is 38.2 Å². The molecule has 0 saturated heterocycles. The van der Waals surface area contributed by atoms with Crippen LogP contribution in [-0.2, 0) is 13.1 Å². The predicted molar refractivity (Wildman–Crippen MR) is 112 cm³/mol. The number of nitrogens with one attached hydrogen (secondary N) is 2. The molecule has 0 atom stereocenters. The lowest BCUT2D eigenvalue weighted by Gasteiger charge is -2.15. The van der Waals surface area contributed by atoms with Gasteiger partial charge in [0.15, 0.2) is 0 Å². The van der Waals surface area contributed by atoms with Gasteiger partial charge in [-0.25, -0.2) is 9.97 Å². The second kappa shape index (κ2) is 8.62. The Morgan fingerprint density at radius 3 is 2.54 bits per heavy atom. The number of hydrogen-bond donors (Lipinski definition) is 2. The first kappa shape index (κ1) is 19.5. The zero-order valence-electron chi connectivity index (χ0n) is 16.3. The molecule has 146 valence electrons. The third kappa shape index (κ3) is 4.34. The summed E-state index contributed by atoms with van der Waals surface area (Å²) in [6, 6.07) is 11.4. The van der Waals surface area contributed by atoms with Crippen molar-refractivity contribution in [2.45, 2.75) is 20.0 Å². The number of benzene rings is 2. The van der Waals surface area contributed by atoms with Gasteiger partial charge in [-0.15, -0.1) is 0 Å². The van der Waals surface area contributed by atoms with Crippen LogP contribution in [0.25, 0.3) is 10.9 Å². The minimum Gasteiger partial charge on any atom is -0.380 e. The fourth-order valence-electron chi connectivity index (χ4n) is 3.12. The van der Waals surface area contributed by atoms with E-state index in [1.54, 1.807) is 6.07 Å². The third-order valence-corrected chi connectivity index (χ3v) is 4.37. The summed E-state index contributed by atoms with van der Waals surface area (Å²) < 4.78 is 0. The molecule has 0 aliphatic heterocycles. The molecule has 0 unspecified atom stereocenters. The van der Waals surface area contributed by atoms with E-state index in [9.17, 15) is 10.1 Å². The van der Waals surface area contributed by atoms with Gasteiger partial charge in [0.1, 0.15) is 17.8 Å². The molecule has 0 aliphatic rings. The number of nitro benzene ring substituents is 1. The molecule has 28 heavy (non-hydrogen) atoms. The molecule has 1 heterocycles. The topological polar surface area (TPSA) is 96.2 Å². The molecule has 2 N–H and O–H groups in total. The molecule has 8 nitrogen and oxygen atoms in total. The standard InChI is InChI=1S/C20H24N6O2/c1-4-21-18-10-17-16(9-19(18)26(27)28)20(24-13-23-17)22-11-14-7-5-6-8-15(14)12-25(2)3/h5-10,13,21H,4,11-12H2,1-3H3,(H,22,23,24). The molecule has 0 aliphatic carbocycles. The molecule has 2 aromatic carbocycles. The Morgan fingerprint density at radius 1 is 1.11 bits per heavy atom. The maximum absolute atomic E-state index is 11.5. The molecule has 3 aromatic rings. The minimum absolute atomic E-state index is 0.0141. The van der Waals surface area contributed by atoms with Crippen LogP contribution >= 0.6 is 0 Å². The van der Waals surface area contributed by atoms with Crippen LogP contribution in [0, 0.1) is 10.1 Å². The molecular formula is C20H24N6O2. The number of rotatable bonds is 8. The first-order valence-corrected chi connectivity index (χ1v) is 9.12. The normalized spacial score (nSPS) is 11.0. The van der Waals surface area contributed by atoms with E-state index in [4.69, 9.17) is 0 Å². The van der Waals surface area contributed by atoms with E-state index in [0.29, 0.717) is 35.5 Å². The van der Waals surface area contributed by atoms with Gasteiger partial charge in [0.25, 0.3) is 5.69 Å². The van der Waals surface area contributed by atoms with Crippen molar-refractivity contribution in [1.82, 2.24) is 14.9 Å². The first-order chi connectivity index (χ1) is 13.5. The predicted octanol–water partition coefficient (Wildman–Crippen LogP) is 3.64. The van der Waals surface area contributed by atoms with Crippen LogP contribution in [0.1, 0.15) is 18.1 Å². The summed E-state index contributed by atoms with van der Waals surface area (Å²) >= 11 is 0. The van der Waals surface area contributed by atoms with E-state index in [0.717, 1.165) is 12.1 Å². The van der Waals surface area contributed by atoms with Crippen molar-refractivity contribution in [3.05, 3.63) is 64.0 Å². The van der Waals surface area contributed by atoms with Crippen molar-refractivity contribution in [3.63, 3.8) is 0 Å². The van der Waals surface area contributed by atoms with E-state index in [2.05, 4.69) is 37.6 Å². The van der Waals surface area contributed by atoms with Gasteiger partial charge in [-0.1, -0.05) is 24.3 Å². The smallest absolute Gasteiger partial charge is 0.293 e. The first-order valence-electron chi connectivity index (χ1n) is 9.12. The highest BCUT2D eigenvalue weighted by molar-refractivity contribution is 5.94. The quantitative estimate of drug-likeness (QED) is 0.455. The van der Waals surface area contributed by atoms with Crippen LogP contribution in [0.3, 0.4) is 0 Å². The maximum atomic E-state index is 11.5. The van der Waals surface area contributed by atoms with Crippen LogP contribution in [-0.4, -0.2) is 40.4 Å². The molecule has 1 aromatic heterocycles. The highest BCUT2D eigenvalue weighted by Crippen LogP contribution is 2.32. The number of aromatic nitrogens is 2. The SMILES string of the molecule is CCNc1cc2ncnc(NCc3ccccc3CN(C)C)c2cc1[N+](=O)[O-]. The summed E-state index contributed by atoms with van der Waals surface area (Å²) in [5.41, 5.74) is 3.50. The average Bonchev–Trinajstić information content (AvgIpc) is 2.66. The Morgan fingerprint density at radius 2 is 1.86 bits per heavy atom. The van der Waals surface area contributed by atoms with E-state index in [1.165, 1.54) is 18.0 Å². The summed E-state index contributed by atoms with van der Waals surface area (Å²) in [5, 5.41) is 18.5. The van der Waals surface area contributed by atoms with Crippen molar-refractivity contribution in [3.8, 4) is 0 Å². The van der Waals surface area contributed by atoms with Gasteiger partial charge in [-0.3, -0.25) is 10.1 Å². The van der Waals surface area contributed by atoms with E-state index in [1.807, 2.05) is 33.2 Å². The molecule has 0 fully saturated rings. The molecule has 0 spiro atoms. The van der Waals surface area contributed by atoms with Crippen molar-refractivity contribution in [2.24, 2.45) is 0 Å². The second-order valence-electron chi connectivity index (χ2n) is 6.76. The molecular weight excluding hydrogens is 356 g/mol. The second-order valence-corrected chi connectivity index (χ2v) is 6.76. The van der Waals surface area contributed by atoms with Crippen molar-refractivity contribution in [1.29, 1.82) is 0 Å². The van der Waals surface area contributed by atoms with Gasteiger partial charge in [0, 0.05) is 31.1 Å². The lowest BCUT2D eigenvalue weighted by Crippen LogP contribution is -2.13. The summed E-state index contributed by atoms with van der Waals surface area (Å²) in [5.74, 6) is 0.579. The summed E-state index contributed by atoms with van der Waals surface area (Å²) in [7, 11) is 4.06. The van der Waals surface area contributed by atoms with E-state index >= 15 is 0 Å². The third-order valence-electron chi connectivity index (χ3n) is 4.37. The molecule has 0 radical (unpaired) electrons. The highest BCUT2D eigenvalue weighted by atomic mass is 16.6. The van der Waals surface area contributed by atoms with Crippen molar-refractivity contribution >= 4 is 28.1 Å². The Balaban J connectivity index is 1.94. The monoisotopic (exact) mass is 380 g/mol. The number of nitro groups is 1. The molecule has 3 rings (SSSR count). The largest absolute Gasteiger partial charge is 0.380 e. The van der Waals surface area contributed by atoms with Crippen LogP contribution in [0.2, 0.25) is 0 Å². The number of hydrogen-bond acceptors (Lipinski definition) is 7. The van der Waals surface area contributed by atoms with Crippen LogP contribution in [0.15, 0.2) is 42.7 Å². The fourth-order valence-corrected chi connectivity index (χ4v) is 3.12. The fraction of sp³-hybridized carbons (Fsp3) is 0.300. The summed E-state index contributed by atoms with van der Waals surface area (Å²) in [6.45, 7) is 3.88. The minimum atomic E-state index is -0.388. The number of nitrogens with zero attached hydrogens (tertiary/aromatic N) is 4. The molecule has 0 bridgehead atoms. The molecule has 0 saturated carbocycles. The van der Waals surface area contributed by atoms with Crippen LogP contribution < -0.4 is 10.6 Å². The van der Waals surface area contributed by atoms with Gasteiger partial charge in [0.2, 0.25) is 0 Å². The Labute approximate surface area is 163 Å². The zero-order chi connectivity index (χ0) is 20.1. The highest BCUT2D eigenvalue weighted by Gasteiger charge is 2.17.